The Morgan fingerprint density at radius 2 is 2.10 bits per heavy atom. The molecule has 0 saturated carbocycles. The lowest BCUT2D eigenvalue weighted by Crippen LogP contribution is -2.29. The maximum atomic E-state index is 12.8. The molecule has 152 valence electrons. The van der Waals surface area contributed by atoms with Gasteiger partial charge in [-0.15, -0.1) is 0 Å². The molecule has 0 radical (unpaired) electrons. The Kier molecular flexibility index (Phi) is 5.35. The highest BCUT2D eigenvalue weighted by Crippen LogP contribution is 2.26. The minimum absolute atomic E-state index is 0.0000707. The normalized spacial score (nSPS) is 16.4. The van der Waals surface area contributed by atoms with E-state index < -0.39 is 0 Å². The van der Waals surface area contributed by atoms with Gasteiger partial charge in [-0.3, -0.25) is 4.79 Å². The first-order valence-corrected chi connectivity index (χ1v) is 9.64. The molecule has 2 aromatic heterocycles. The summed E-state index contributed by atoms with van der Waals surface area (Å²) in [5, 5.41) is 5.29. The van der Waals surface area contributed by atoms with Crippen LogP contribution in [-0.4, -0.2) is 59.4 Å². The lowest BCUT2D eigenvalue weighted by atomic mass is 10.1. The van der Waals surface area contributed by atoms with Gasteiger partial charge in [0.2, 0.25) is 0 Å². The van der Waals surface area contributed by atoms with E-state index in [0.717, 1.165) is 41.1 Å². The molecule has 0 bridgehead atoms. The van der Waals surface area contributed by atoms with E-state index in [1.54, 1.807) is 31.3 Å². The summed E-state index contributed by atoms with van der Waals surface area (Å²) in [6.45, 7) is 2.57. The van der Waals surface area contributed by atoms with Gasteiger partial charge in [0.25, 0.3) is 5.91 Å². The molecule has 1 amide bonds. The summed E-state index contributed by atoms with van der Waals surface area (Å²) in [6.07, 6.45) is 4.32. The smallest absolute Gasteiger partial charge is 0.255 e. The number of carbonyl (C=O) groups is 1. The number of likely N-dealkylation sites (tertiary alicyclic amines) is 1. The van der Waals surface area contributed by atoms with Gasteiger partial charge in [-0.25, -0.2) is 9.67 Å². The van der Waals surface area contributed by atoms with Crippen molar-refractivity contribution in [3.8, 4) is 11.5 Å². The van der Waals surface area contributed by atoms with Crippen LogP contribution in [0, 0.1) is 5.92 Å². The van der Waals surface area contributed by atoms with Crippen molar-refractivity contribution in [1.82, 2.24) is 19.7 Å². The van der Waals surface area contributed by atoms with Gasteiger partial charge in [0.05, 0.1) is 32.5 Å². The molecule has 0 aliphatic carbocycles. The Labute approximate surface area is 169 Å². The highest BCUT2D eigenvalue weighted by molar-refractivity contribution is 5.97. The molecule has 4 rings (SSSR count). The van der Waals surface area contributed by atoms with Crippen molar-refractivity contribution in [2.24, 2.45) is 11.7 Å². The zero-order valence-electron chi connectivity index (χ0n) is 16.7. The molecular weight excluding hydrogens is 370 g/mol. The first-order valence-electron chi connectivity index (χ1n) is 9.64. The van der Waals surface area contributed by atoms with E-state index in [4.69, 9.17) is 15.2 Å². The van der Waals surface area contributed by atoms with Crippen LogP contribution in [0.25, 0.3) is 11.0 Å². The Balaban J connectivity index is 1.57. The summed E-state index contributed by atoms with van der Waals surface area (Å²) in [5.41, 5.74) is 8.00. The Hall–Kier alpha value is -3.13. The second kappa shape index (κ2) is 8.08. The van der Waals surface area contributed by atoms with Crippen molar-refractivity contribution >= 4 is 16.9 Å². The molecule has 0 unspecified atom stereocenters. The number of fused-ring (bicyclic) bond motifs is 1. The average Bonchev–Trinajstić information content (AvgIpc) is 3.40. The topological polar surface area (TPSA) is 95.5 Å². The maximum absolute atomic E-state index is 12.8. The molecule has 1 fully saturated rings. The van der Waals surface area contributed by atoms with Gasteiger partial charge in [0.15, 0.2) is 5.65 Å². The summed E-state index contributed by atoms with van der Waals surface area (Å²) < 4.78 is 12.5. The standard InChI is InChI=1S/C21H25N5O3/c1-28-18-4-3-15(19(8-18)29-2)13-26-20-16(11-24-26)7-17(10-23-20)21(27)25-6-5-14(9-22)12-25/h3-4,7-8,10-11,14H,5-6,9,12-13,22H2,1-2H3/t14-/m1/s1. The van der Waals surface area contributed by atoms with E-state index in [1.165, 1.54) is 0 Å². The van der Waals surface area contributed by atoms with Crippen LogP contribution in [0.5, 0.6) is 11.5 Å². The van der Waals surface area contributed by atoms with E-state index in [0.29, 0.717) is 31.1 Å². The van der Waals surface area contributed by atoms with Crippen molar-refractivity contribution in [3.05, 3.63) is 47.8 Å². The summed E-state index contributed by atoms with van der Waals surface area (Å²) in [6, 6.07) is 7.54. The summed E-state index contributed by atoms with van der Waals surface area (Å²) in [5.74, 6) is 1.84. The number of methoxy groups -OCH3 is 2. The largest absolute Gasteiger partial charge is 0.497 e. The number of ether oxygens (including phenoxy) is 2. The van der Waals surface area contributed by atoms with Crippen LogP contribution in [0.2, 0.25) is 0 Å². The first kappa shape index (κ1) is 19.2. The third kappa shape index (κ3) is 3.75. The van der Waals surface area contributed by atoms with E-state index in [9.17, 15) is 4.79 Å². The van der Waals surface area contributed by atoms with Crippen molar-refractivity contribution in [3.63, 3.8) is 0 Å². The van der Waals surface area contributed by atoms with E-state index in [-0.39, 0.29) is 5.91 Å². The zero-order chi connectivity index (χ0) is 20.4. The third-order valence-corrected chi connectivity index (χ3v) is 5.44. The molecule has 1 atom stereocenters. The highest BCUT2D eigenvalue weighted by Gasteiger charge is 2.26. The number of rotatable bonds is 6. The Bertz CT molecular complexity index is 1030. The van der Waals surface area contributed by atoms with Crippen LogP contribution < -0.4 is 15.2 Å². The minimum Gasteiger partial charge on any atom is -0.497 e. The molecule has 29 heavy (non-hydrogen) atoms. The molecule has 8 heteroatoms. The van der Waals surface area contributed by atoms with Crippen LogP contribution in [0.4, 0.5) is 0 Å². The highest BCUT2D eigenvalue weighted by atomic mass is 16.5. The second-order valence-corrected chi connectivity index (χ2v) is 7.26. The number of nitrogens with zero attached hydrogens (tertiary/aromatic N) is 4. The number of hydrogen-bond acceptors (Lipinski definition) is 6. The van der Waals surface area contributed by atoms with Crippen LogP contribution in [-0.2, 0) is 6.54 Å². The number of carbonyl (C=O) groups excluding carboxylic acids is 1. The predicted octanol–water partition coefficient (Wildman–Crippen LogP) is 1.92. The van der Waals surface area contributed by atoms with Crippen molar-refractivity contribution in [2.45, 2.75) is 13.0 Å². The monoisotopic (exact) mass is 395 g/mol. The molecular formula is C21H25N5O3. The van der Waals surface area contributed by atoms with Gasteiger partial charge in [-0.1, -0.05) is 0 Å². The molecule has 1 aliphatic rings. The quantitative estimate of drug-likeness (QED) is 0.685. The Morgan fingerprint density at radius 3 is 2.83 bits per heavy atom. The summed E-state index contributed by atoms with van der Waals surface area (Å²) in [4.78, 5) is 19.2. The van der Waals surface area contributed by atoms with Gasteiger partial charge in [-0.2, -0.15) is 5.10 Å². The first-order chi connectivity index (χ1) is 14.1. The molecule has 3 heterocycles. The van der Waals surface area contributed by atoms with Gasteiger partial charge >= 0.3 is 0 Å². The van der Waals surface area contributed by atoms with Crippen LogP contribution in [0.15, 0.2) is 36.7 Å². The predicted molar refractivity (Wildman–Crippen MR) is 109 cm³/mol. The molecule has 1 aromatic carbocycles. The molecule has 2 N–H and O–H groups in total. The number of aromatic nitrogens is 3. The number of pyridine rings is 1. The van der Waals surface area contributed by atoms with Gasteiger partial charge < -0.3 is 20.1 Å². The number of amides is 1. The minimum atomic E-state index is -0.0000707. The van der Waals surface area contributed by atoms with Gasteiger partial charge in [-0.05, 0) is 37.1 Å². The SMILES string of the molecule is COc1ccc(Cn2ncc3cc(C(=O)N4CC[C@H](CN)C4)cnc32)c(OC)c1. The van der Waals surface area contributed by atoms with Gasteiger partial charge in [0, 0.05) is 36.3 Å². The maximum Gasteiger partial charge on any atom is 0.255 e. The average molecular weight is 395 g/mol. The lowest BCUT2D eigenvalue weighted by Gasteiger charge is -2.16. The Morgan fingerprint density at radius 1 is 1.24 bits per heavy atom. The van der Waals surface area contributed by atoms with Gasteiger partial charge in [0.1, 0.15) is 11.5 Å². The second-order valence-electron chi connectivity index (χ2n) is 7.26. The molecule has 3 aromatic rings. The van der Waals surface area contributed by atoms with E-state index >= 15 is 0 Å². The summed E-state index contributed by atoms with van der Waals surface area (Å²) in [7, 11) is 3.25. The molecule has 1 aliphatic heterocycles. The van der Waals surface area contributed by atoms with E-state index in [2.05, 4.69) is 10.1 Å². The van der Waals surface area contributed by atoms with E-state index in [1.807, 2.05) is 29.2 Å². The third-order valence-electron chi connectivity index (χ3n) is 5.44. The number of hydrogen-bond donors (Lipinski definition) is 1. The fourth-order valence-corrected chi connectivity index (χ4v) is 3.74. The molecule has 8 nitrogen and oxygen atoms in total. The van der Waals surface area contributed by atoms with Crippen LogP contribution >= 0.6 is 0 Å². The molecule has 0 spiro atoms. The zero-order valence-corrected chi connectivity index (χ0v) is 16.7. The summed E-state index contributed by atoms with van der Waals surface area (Å²) >= 11 is 0. The van der Waals surface area contributed by atoms with Crippen LogP contribution in [0.3, 0.4) is 0 Å². The molecule has 1 saturated heterocycles. The fraction of sp³-hybridized carbons (Fsp3) is 0.381. The van der Waals surface area contributed by atoms with Crippen LogP contribution in [0.1, 0.15) is 22.3 Å². The van der Waals surface area contributed by atoms with Crippen molar-refractivity contribution < 1.29 is 14.3 Å². The lowest BCUT2D eigenvalue weighted by molar-refractivity contribution is 0.0787. The number of benzene rings is 1. The number of nitrogens with two attached hydrogens (primary N) is 1. The fourth-order valence-electron chi connectivity index (χ4n) is 3.74. The van der Waals surface area contributed by atoms with Crippen molar-refractivity contribution in [1.29, 1.82) is 0 Å². The van der Waals surface area contributed by atoms with Crippen molar-refractivity contribution in [2.75, 3.05) is 33.9 Å².